The Morgan fingerprint density at radius 1 is 1.08 bits per heavy atom. The van der Waals surface area contributed by atoms with Crippen LogP contribution in [0.2, 0.25) is 0 Å². The zero-order valence-corrected chi connectivity index (χ0v) is 17.0. The Morgan fingerprint density at radius 2 is 1.65 bits per heavy atom. The maximum atomic E-state index is 12.5. The van der Waals surface area contributed by atoms with Crippen LogP contribution in [0.4, 0.5) is 10.6 Å². The molecule has 0 aliphatic carbocycles. The average molecular weight is 365 g/mol. The number of hydrogen-bond acceptors (Lipinski definition) is 6. The van der Waals surface area contributed by atoms with E-state index in [0.717, 1.165) is 11.4 Å². The molecule has 1 rings (SSSR count). The molecule has 0 saturated heterocycles. The summed E-state index contributed by atoms with van der Waals surface area (Å²) in [7, 11) is 3.80. The third-order valence-corrected chi connectivity index (χ3v) is 3.09. The lowest BCUT2D eigenvalue weighted by molar-refractivity contribution is -0.157. The molecule has 1 amide bonds. The number of carbonyl (C=O) groups excluding carboxylic acids is 2. The van der Waals surface area contributed by atoms with Crippen LogP contribution in [0.3, 0.4) is 0 Å². The lowest BCUT2D eigenvalue weighted by atomic mass is 10.1. The maximum absolute atomic E-state index is 12.5. The fourth-order valence-corrected chi connectivity index (χ4v) is 2.05. The fraction of sp³-hybridized carbons (Fsp3) is 0.632. The van der Waals surface area contributed by atoms with Crippen molar-refractivity contribution in [3.63, 3.8) is 0 Å². The first-order valence-electron chi connectivity index (χ1n) is 8.61. The molecule has 0 spiro atoms. The van der Waals surface area contributed by atoms with Gasteiger partial charge in [-0.3, -0.25) is 0 Å². The molecule has 0 aromatic carbocycles. The first-order valence-corrected chi connectivity index (χ1v) is 8.61. The van der Waals surface area contributed by atoms with E-state index in [1.807, 2.05) is 31.1 Å². The lowest BCUT2D eigenvalue weighted by Gasteiger charge is -2.26. The van der Waals surface area contributed by atoms with Gasteiger partial charge in [0.25, 0.3) is 0 Å². The number of esters is 1. The molecule has 0 bridgehead atoms. The smallest absolute Gasteiger partial charge is 0.408 e. The molecule has 1 N–H and O–H groups in total. The van der Waals surface area contributed by atoms with E-state index >= 15 is 0 Å². The van der Waals surface area contributed by atoms with E-state index in [4.69, 9.17) is 9.47 Å². The monoisotopic (exact) mass is 365 g/mol. The van der Waals surface area contributed by atoms with Gasteiger partial charge in [0, 0.05) is 26.7 Å². The van der Waals surface area contributed by atoms with Crippen molar-refractivity contribution < 1.29 is 19.1 Å². The van der Waals surface area contributed by atoms with E-state index in [2.05, 4.69) is 10.3 Å². The number of nitrogens with one attached hydrogen (secondary N) is 1. The number of anilines is 1. The Balaban J connectivity index is 2.92. The van der Waals surface area contributed by atoms with Gasteiger partial charge < -0.3 is 19.7 Å². The number of aromatic nitrogens is 1. The summed E-state index contributed by atoms with van der Waals surface area (Å²) < 4.78 is 10.7. The number of alkyl carbamates (subject to hydrolysis) is 1. The lowest BCUT2D eigenvalue weighted by Crippen LogP contribution is -2.47. The van der Waals surface area contributed by atoms with Crippen LogP contribution in [-0.4, -0.2) is 48.4 Å². The molecular formula is C19H31N3O4. The van der Waals surface area contributed by atoms with Crippen LogP contribution >= 0.6 is 0 Å². The molecule has 1 aromatic heterocycles. The molecule has 0 radical (unpaired) electrons. The predicted molar refractivity (Wildman–Crippen MR) is 101 cm³/mol. The zero-order valence-electron chi connectivity index (χ0n) is 17.0. The highest BCUT2D eigenvalue weighted by molar-refractivity contribution is 5.82. The quantitative estimate of drug-likeness (QED) is 0.808. The average Bonchev–Trinajstić information content (AvgIpc) is 2.43. The molecule has 7 heteroatoms. The van der Waals surface area contributed by atoms with E-state index in [0.29, 0.717) is 0 Å². The number of ether oxygens (including phenoxy) is 2. The second-order valence-corrected chi connectivity index (χ2v) is 8.36. The van der Waals surface area contributed by atoms with Crippen LogP contribution in [0.5, 0.6) is 0 Å². The van der Waals surface area contributed by atoms with Gasteiger partial charge in [0.2, 0.25) is 0 Å². The second-order valence-electron chi connectivity index (χ2n) is 8.36. The Morgan fingerprint density at radius 3 is 2.08 bits per heavy atom. The van der Waals surface area contributed by atoms with Crippen molar-refractivity contribution >= 4 is 17.9 Å². The zero-order chi connectivity index (χ0) is 20.1. The summed E-state index contributed by atoms with van der Waals surface area (Å²) in [5.41, 5.74) is -0.502. The van der Waals surface area contributed by atoms with Gasteiger partial charge in [-0.2, -0.15) is 0 Å². The minimum Gasteiger partial charge on any atom is -0.458 e. The molecule has 7 nitrogen and oxygen atoms in total. The topological polar surface area (TPSA) is 80.8 Å². The molecule has 0 aliphatic rings. The highest BCUT2D eigenvalue weighted by Gasteiger charge is 2.29. The van der Waals surface area contributed by atoms with E-state index in [1.54, 1.807) is 47.7 Å². The van der Waals surface area contributed by atoms with Crippen molar-refractivity contribution in [2.75, 3.05) is 19.0 Å². The number of amides is 1. The molecule has 0 saturated carbocycles. The van der Waals surface area contributed by atoms with Crippen molar-refractivity contribution in [1.29, 1.82) is 0 Å². The minimum atomic E-state index is -0.865. The third-order valence-electron chi connectivity index (χ3n) is 3.09. The summed E-state index contributed by atoms with van der Waals surface area (Å²) in [6, 6.07) is 2.86. The predicted octanol–water partition coefficient (Wildman–Crippen LogP) is 2.93. The normalized spacial score (nSPS) is 12.9. The highest BCUT2D eigenvalue weighted by atomic mass is 16.6. The van der Waals surface area contributed by atoms with Gasteiger partial charge in [-0.1, -0.05) is 6.07 Å². The van der Waals surface area contributed by atoms with Crippen molar-refractivity contribution in [3.05, 3.63) is 23.9 Å². The van der Waals surface area contributed by atoms with Gasteiger partial charge in [-0.25, -0.2) is 14.6 Å². The Hall–Kier alpha value is -2.31. The van der Waals surface area contributed by atoms with Crippen LogP contribution in [0.1, 0.15) is 47.1 Å². The molecule has 26 heavy (non-hydrogen) atoms. The molecule has 1 atom stereocenters. The van der Waals surface area contributed by atoms with Gasteiger partial charge in [0.05, 0.1) is 0 Å². The van der Waals surface area contributed by atoms with Crippen LogP contribution in [-0.2, 0) is 20.7 Å². The number of nitrogens with zero attached hydrogens (tertiary/aromatic N) is 2. The summed E-state index contributed by atoms with van der Waals surface area (Å²) >= 11 is 0. The van der Waals surface area contributed by atoms with Crippen LogP contribution in [0.25, 0.3) is 0 Å². The van der Waals surface area contributed by atoms with Gasteiger partial charge in [0.1, 0.15) is 23.1 Å². The third kappa shape index (κ3) is 8.18. The Bertz CT molecular complexity index is 613. The molecule has 1 aromatic rings. The highest BCUT2D eigenvalue weighted by Crippen LogP contribution is 2.14. The van der Waals surface area contributed by atoms with E-state index in [1.165, 1.54) is 0 Å². The first kappa shape index (κ1) is 21.7. The van der Waals surface area contributed by atoms with Gasteiger partial charge in [-0.05, 0) is 53.2 Å². The second kappa shape index (κ2) is 8.38. The molecule has 0 fully saturated rings. The van der Waals surface area contributed by atoms with Crippen LogP contribution in [0, 0.1) is 0 Å². The molecule has 146 valence electrons. The summed E-state index contributed by atoms with van der Waals surface area (Å²) in [5.74, 6) is 0.294. The SMILES string of the molecule is CN(C)c1ccc(CC(NC(=O)OC(C)(C)C)C(=O)OC(C)(C)C)cn1. The summed E-state index contributed by atoms with van der Waals surface area (Å²) in [6.45, 7) is 10.6. The van der Waals surface area contributed by atoms with Gasteiger partial charge in [0.15, 0.2) is 0 Å². The van der Waals surface area contributed by atoms with Crippen molar-refractivity contribution in [1.82, 2.24) is 10.3 Å². The van der Waals surface area contributed by atoms with Gasteiger partial charge in [-0.15, -0.1) is 0 Å². The molecule has 1 heterocycles. The number of hydrogen-bond donors (Lipinski definition) is 1. The summed E-state index contributed by atoms with van der Waals surface area (Å²) in [5, 5.41) is 2.61. The maximum Gasteiger partial charge on any atom is 0.408 e. The first-order chi connectivity index (χ1) is 11.8. The summed E-state index contributed by atoms with van der Waals surface area (Å²) in [4.78, 5) is 30.8. The number of carbonyl (C=O) groups is 2. The largest absolute Gasteiger partial charge is 0.458 e. The van der Waals surface area contributed by atoms with E-state index in [9.17, 15) is 9.59 Å². The Kier molecular flexibility index (Phi) is 7.00. The van der Waals surface area contributed by atoms with E-state index < -0.39 is 29.3 Å². The number of pyridine rings is 1. The molecule has 0 aliphatic heterocycles. The minimum absolute atomic E-state index is 0.259. The summed E-state index contributed by atoms with van der Waals surface area (Å²) in [6.07, 6.45) is 1.28. The standard InChI is InChI=1S/C19H31N3O4/c1-18(2,3)25-16(23)14(21-17(24)26-19(4,5)6)11-13-9-10-15(20-12-13)22(7)8/h9-10,12,14H,11H2,1-8H3,(H,21,24). The molecule has 1 unspecified atom stereocenters. The Labute approximate surface area is 156 Å². The van der Waals surface area contributed by atoms with E-state index in [-0.39, 0.29) is 6.42 Å². The van der Waals surface area contributed by atoms with Crippen LogP contribution < -0.4 is 10.2 Å². The molecular weight excluding hydrogens is 334 g/mol. The van der Waals surface area contributed by atoms with Crippen molar-refractivity contribution in [2.24, 2.45) is 0 Å². The number of rotatable bonds is 5. The van der Waals surface area contributed by atoms with Crippen LogP contribution in [0.15, 0.2) is 18.3 Å². The van der Waals surface area contributed by atoms with Gasteiger partial charge >= 0.3 is 12.1 Å². The fourth-order valence-electron chi connectivity index (χ4n) is 2.05. The van der Waals surface area contributed by atoms with Crippen molar-refractivity contribution in [2.45, 2.75) is 65.2 Å². The van der Waals surface area contributed by atoms with Crippen molar-refractivity contribution in [3.8, 4) is 0 Å².